The van der Waals surface area contributed by atoms with Crippen LogP contribution in [0.5, 0.6) is 10.8 Å². The monoisotopic (exact) mass is 334 g/mol. The van der Waals surface area contributed by atoms with Crippen LogP contribution in [0.15, 0.2) is 12.3 Å². The van der Waals surface area contributed by atoms with Gasteiger partial charge in [-0.25, -0.2) is 9.78 Å². The maximum Gasteiger partial charge on any atom is 0.340 e. The largest absolute Gasteiger partial charge is 0.492 e. The lowest BCUT2D eigenvalue weighted by molar-refractivity contribution is 0.0601. The van der Waals surface area contributed by atoms with Crippen LogP contribution in [0.2, 0.25) is 0 Å². The normalized spacial score (nSPS) is 12.9. The van der Waals surface area contributed by atoms with Crippen LogP contribution in [0, 0.1) is 0 Å². The number of esters is 1. The van der Waals surface area contributed by atoms with Crippen molar-refractivity contribution in [3.05, 3.63) is 23.4 Å². The van der Waals surface area contributed by atoms with Gasteiger partial charge in [0.05, 0.1) is 37.1 Å². The van der Waals surface area contributed by atoms with Gasteiger partial charge >= 0.3 is 5.97 Å². The molecule has 1 aliphatic heterocycles. The lowest BCUT2D eigenvalue weighted by atomic mass is 9.99. The van der Waals surface area contributed by atoms with Crippen molar-refractivity contribution in [2.75, 3.05) is 19.5 Å². The third kappa shape index (κ3) is 2.84. The zero-order valence-corrected chi connectivity index (χ0v) is 14.0. The maximum atomic E-state index is 12.0. The molecular formula is C16H18N2O4S. The molecule has 7 heteroatoms. The number of fused-ring (bicyclic) bond motifs is 1. The zero-order valence-electron chi connectivity index (χ0n) is 13.2. The van der Waals surface area contributed by atoms with Gasteiger partial charge in [0.15, 0.2) is 5.06 Å². The van der Waals surface area contributed by atoms with Gasteiger partial charge in [-0.15, -0.1) is 0 Å². The van der Waals surface area contributed by atoms with Crippen LogP contribution in [-0.2, 0) is 11.2 Å². The number of benzene rings is 1. The molecule has 0 atom stereocenters. The molecule has 0 bridgehead atoms. The highest BCUT2D eigenvalue weighted by molar-refractivity contribution is 7.16. The molecule has 2 N–H and O–H groups in total. The fourth-order valence-corrected chi connectivity index (χ4v) is 3.48. The summed E-state index contributed by atoms with van der Waals surface area (Å²) in [5.74, 6) is 0.212. The molecule has 3 rings (SSSR count). The van der Waals surface area contributed by atoms with Gasteiger partial charge in [0.2, 0.25) is 0 Å². The van der Waals surface area contributed by atoms with E-state index in [1.165, 1.54) is 18.4 Å². The number of aromatic nitrogens is 1. The first-order valence-corrected chi connectivity index (χ1v) is 8.12. The molecule has 2 heterocycles. The zero-order chi connectivity index (χ0) is 16.6. The number of anilines is 1. The number of nitrogen functional groups attached to an aromatic ring is 1. The Balaban J connectivity index is 2.08. The van der Waals surface area contributed by atoms with E-state index in [0.29, 0.717) is 30.0 Å². The highest BCUT2D eigenvalue weighted by Crippen LogP contribution is 2.44. The number of rotatable bonds is 4. The van der Waals surface area contributed by atoms with Crippen molar-refractivity contribution in [2.24, 2.45) is 0 Å². The van der Waals surface area contributed by atoms with Gasteiger partial charge in [0.25, 0.3) is 0 Å². The second-order valence-corrected chi connectivity index (χ2v) is 6.43. The fraction of sp³-hybridized carbons (Fsp3) is 0.375. The van der Waals surface area contributed by atoms with Crippen LogP contribution in [-0.4, -0.2) is 30.8 Å². The predicted molar refractivity (Wildman–Crippen MR) is 88.3 cm³/mol. The highest BCUT2D eigenvalue weighted by Gasteiger charge is 2.28. The van der Waals surface area contributed by atoms with Gasteiger partial charge in [-0.1, -0.05) is 11.3 Å². The summed E-state index contributed by atoms with van der Waals surface area (Å²) in [6.45, 7) is 4.43. The highest BCUT2D eigenvalue weighted by atomic mass is 32.1. The maximum absolute atomic E-state index is 12.0. The number of hydrogen-bond acceptors (Lipinski definition) is 7. The summed E-state index contributed by atoms with van der Waals surface area (Å²) < 4.78 is 16.2. The number of hydrogen-bond donors (Lipinski definition) is 1. The summed E-state index contributed by atoms with van der Waals surface area (Å²) in [6, 6.07) is 1.72. The van der Waals surface area contributed by atoms with Crippen LogP contribution >= 0.6 is 11.3 Å². The van der Waals surface area contributed by atoms with Crippen molar-refractivity contribution in [2.45, 2.75) is 26.4 Å². The standard InChI is InChI=1S/C16H18N2O4S/c1-8(2)22-12-7-18-15(23-12)10-6-11(17)13(16(19)20-3)9-4-5-21-14(9)10/h6-8H,4-5,17H2,1-3H3. The molecule has 0 saturated carbocycles. The van der Waals surface area contributed by atoms with E-state index in [2.05, 4.69) is 4.98 Å². The minimum absolute atomic E-state index is 0.0806. The number of nitrogens with two attached hydrogens (primary N) is 1. The van der Waals surface area contributed by atoms with Gasteiger partial charge < -0.3 is 19.9 Å². The van der Waals surface area contributed by atoms with E-state index in [0.717, 1.165) is 21.2 Å². The molecule has 0 fully saturated rings. The van der Waals surface area contributed by atoms with Crippen LogP contribution in [0.25, 0.3) is 10.6 Å². The minimum atomic E-state index is -0.446. The van der Waals surface area contributed by atoms with Crippen LogP contribution in [0.1, 0.15) is 29.8 Å². The third-order valence-electron chi connectivity index (χ3n) is 3.46. The van der Waals surface area contributed by atoms with Gasteiger partial charge in [-0.05, 0) is 19.9 Å². The predicted octanol–water partition coefficient (Wildman–Crippen LogP) is 2.90. The Kier molecular flexibility index (Phi) is 4.12. The Bertz CT molecular complexity index is 755. The van der Waals surface area contributed by atoms with Crippen LogP contribution in [0.4, 0.5) is 5.69 Å². The van der Waals surface area contributed by atoms with Crippen molar-refractivity contribution in [1.82, 2.24) is 4.98 Å². The molecular weight excluding hydrogens is 316 g/mol. The second kappa shape index (κ2) is 6.08. The second-order valence-electron chi connectivity index (χ2n) is 5.44. The summed E-state index contributed by atoms with van der Waals surface area (Å²) in [7, 11) is 1.34. The molecule has 0 aliphatic carbocycles. The summed E-state index contributed by atoms with van der Waals surface area (Å²) in [5.41, 5.74) is 8.41. The first-order valence-electron chi connectivity index (χ1n) is 7.30. The van der Waals surface area contributed by atoms with E-state index in [4.69, 9.17) is 19.9 Å². The molecule has 0 unspecified atom stereocenters. The molecule has 1 aliphatic rings. The van der Waals surface area contributed by atoms with E-state index in [1.807, 2.05) is 13.8 Å². The first-order chi connectivity index (χ1) is 11.0. The molecule has 1 aromatic carbocycles. The van der Waals surface area contributed by atoms with Crippen LogP contribution in [0.3, 0.4) is 0 Å². The third-order valence-corrected chi connectivity index (χ3v) is 4.39. The fourth-order valence-electron chi connectivity index (χ4n) is 2.57. The Hall–Kier alpha value is -2.28. The number of ether oxygens (including phenoxy) is 3. The van der Waals surface area contributed by atoms with Crippen molar-refractivity contribution >= 4 is 23.0 Å². The van der Waals surface area contributed by atoms with Crippen molar-refractivity contribution in [1.29, 1.82) is 0 Å². The average Bonchev–Trinajstić information content (AvgIpc) is 3.14. The first kappa shape index (κ1) is 15.6. The van der Waals surface area contributed by atoms with Crippen molar-refractivity contribution in [3.8, 4) is 21.4 Å². The topological polar surface area (TPSA) is 83.7 Å². The van der Waals surface area contributed by atoms with Gasteiger partial charge in [-0.2, -0.15) is 0 Å². The lowest BCUT2D eigenvalue weighted by Crippen LogP contribution is -2.09. The number of carbonyl (C=O) groups excluding carboxylic acids is 1. The summed E-state index contributed by atoms with van der Waals surface area (Å²) in [5, 5.41) is 1.49. The summed E-state index contributed by atoms with van der Waals surface area (Å²) >= 11 is 1.42. The number of thiazole rings is 1. The Morgan fingerprint density at radius 3 is 2.96 bits per heavy atom. The van der Waals surface area contributed by atoms with E-state index in [1.54, 1.807) is 12.3 Å². The molecule has 0 saturated heterocycles. The Morgan fingerprint density at radius 1 is 1.48 bits per heavy atom. The van der Waals surface area contributed by atoms with Gasteiger partial charge in [-0.3, -0.25) is 0 Å². The quantitative estimate of drug-likeness (QED) is 0.684. The molecule has 6 nitrogen and oxygen atoms in total. The van der Waals surface area contributed by atoms with Crippen molar-refractivity contribution in [3.63, 3.8) is 0 Å². The van der Waals surface area contributed by atoms with E-state index >= 15 is 0 Å². The smallest absolute Gasteiger partial charge is 0.340 e. The van der Waals surface area contributed by atoms with E-state index in [9.17, 15) is 4.79 Å². The van der Waals surface area contributed by atoms with Crippen molar-refractivity contribution < 1.29 is 19.0 Å². The summed E-state index contributed by atoms with van der Waals surface area (Å²) in [6.07, 6.45) is 2.39. The minimum Gasteiger partial charge on any atom is -0.492 e. The molecule has 122 valence electrons. The number of methoxy groups -OCH3 is 1. The molecule has 0 spiro atoms. The van der Waals surface area contributed by atoms with Gasteiger partial charge in [0, 0.05) is 17.7 Å². The van der Waals surface area contributed by atoms with Crippen LogP contribution < -0.4 is 15.2 Å². The Morgan fingerprint density at radius 2 is 2.26 bits per heavy atom. The van der Waals surface area contributed by atoms with E-state index in [-0.39, 0.29) is 6.10 Å². The van der Waals surface area contributed by atoms with Gasteiger partial charge in [0.1, 0.15) is 10.8 Å². The molecule has 0 amide bonds. The number of nitrogens with zero attached hydrogens (tertiary/aromatic N) is 1. The average molecular weight is 334 g/mol. The summed E-state index contributed by atoms with van der Waals surface area (Å²) in [4.78, 5) is 16.4. The molecule has 0 radical (unpaired) electrons. The lowest BCUT2D eigenvalue weighted by Gasteiger charge is -2.12. The molecule has 23 heavy (non-hydrogen) atoms. The van der Waals surface area contributed by atoms with E-state index < -0.39 is 5.97 Å². The SMILES string of the molecule is COC(=O)c1c(N)cc(-c2ncc(OC(C)C)s2)c2c1CCO2. The molecule has 1 aromatic heterocycles. The molecule has 2 aromatic rings. The number of carbonyl (C=O) groups is 1. The Labute approximate surface area is 138 Å².